The zero-order chi connectivity index (χ0) is 21.3. The minimum Gasteiger partial charge on any atom is -0.488 e. The standard InChI is InChI=1S/C22H29ClN4O2/c1-22(2,3)29-19-12-8-5-9-16(19)15-27-21(24-4)26-14-13-25-20(28)17-10-6-7-11-18(17)23/h5-12H,13-15H2,1-4H3,(H,25,28)(H2,24,26,27). The Hall–Kier alpha value is -2.73. The number of carbonyl (C=O) groups is 1. The van der Waals surface area contributed by atoms with Gasteiger partial charge in [0.15, 0.2) is 5.96 Å². The van der Waals surface area contributed by atoms with Crippen LogP contribution in [0.15, 0.2) is 53.5 Å². The third-order valence-electron chi connectivity index (χ3n) is 3.88. The lowest BCUT2D eigenvalue weighted by molar-refractivity contribution is 0.0954. The number of nitrogens with zero attached hydrogens (tertiary/aromatic N) is 1. The van der Waals surface area contributed by atoms with E-state index in [-0.39, 0.29) is 11.5 Å². The highest BCUT2D eigenvalue weighted by Gasteiger charge is 2.14. The Kier molecular flexibility index (Phi) is 8.34. The summed E-state index contributed by atoms with van der Waals surface area (Å²) in [7, 11) is 1.70. The number of carbonyl (C=O) groups excluding carboxylic acids is 1. The SMILES string of the molecule is CN=C(NCCNC(=O)c1ccccc1Cl)NCc1ccccc1OC(C)(C)C. The lowest BCUT2D eigenvalue weighted by atomic mass is 10.1. The van der Waals surface area contributed by atoms with Crippen molar-refractivity contribution in [2.75, 3.05) is 20.1 Å². The second-order valence-electron chi connectivity index (χ2n) is 7.41. The first kappa shape index (κ1) is 22.6. The fourth-order valence-corrected chi connectivity index (χ4v) is 2.80. The number of guanidine groups is 1. The molecule has 0 heterocycles. The van der Waals surface area contributed by atoms with Gasteiger partial charge in [0.05, 0.1) is 10.6 Å². The number of para-hydroxylation sites is 1. The number of benzene rings is 2. The number of nitrogens with one attached hydrogen (secondary N) is 3. The Bertz CT molecular complexity index is 847. The number of hydrogen-bond acceptors (Lipinski definition) is 3. The molecule has 1 amide bonds. The minimum atomic E-state index is -0.268. The Morgan fingerprint density at radius 3 is 2.34 bits per heavy atom. The van der Waals surface area contributed by atoms with Gasteiger partial charge < -0.3 is 20.7 Å². The van der Waals surface area contributed by atoms with Crippen LogP contribution in [0.2, 0.25) is 5.02 Å². The molecule has 0 saturated carbocycles. The van der Waals surface area contributed by atoms with Crippen LogP contribution in [0.25, 0.3) is 0 Å². The number of amides is 1. The van der Waals surface area contributed by atoms with Gasteiger partial charge in [-0.3, -0.25) is 9.79 Å². The van der Waals surface area contributed by atoms with Gasteiger partial charge in [-0.2, -0.15) is 0 Å². The second-order valence-corrected chi connectivity index (χ2v) is 7.82. The van der Waals surface area contributed by atoms with Gasteiger partial charge in [0.2, 0.25) is 0 Å². The van der Waals surface area contributed by atoms with Crippen molar-refractivity contribution in [3.63, 3.8) is 0 Å². The summed E-state index contributed by atoms with van der Waals surface area (Å²) in [6.07, 6.45) is 0. The molecule has 0 atom stereocenters. The van der Waals surface area contributed by atoms with Crippen LogP contribution in [-0.2, 0) is 6.54 Å². The van der Waals surface area contributed by atoms with E-state index in [1.165, 1.54) is 0 Å². The highest BCUT2D eigenvalue weighted by atomic mass is 35.5. The molecule has 2 aromatic rings. The third-order valence-corrected chi connectivity index (χ3v) is 4.21. The highest BCUT2D eigenvalue weighted by Crippen LogP contribution is 2.22. The van der Waals surface area contributed by atoms with E-state index in [1.54, 1.807) is 31.3 Å². The molecule has 0 aliphatic rings. The summed E-state index contributed by atoms with van der Waals surface area (Å²) in [4.78, 5) is 16.4. The lowest BCUT2D eigenvalue weighted by Gasteiger charge is -2.23. The van der Waals surface area contributed by atoms with Gasteiger partial charge in [-0.25, -0.2) is 0 Å². The molecule has 0 saturated heterocycles. The Morgan fingerprint density at radius 2 is 1.66 bits per heavy atom. The maximum atomic E-state index is 12.2. The zero-order valence-electron chi connectivity index (χ0n) is 17.4. The minimum absolute atomic E-state index is 0.200. The van der Waals surface area contributed by atoms with E-state index in [9.17, 15) is 4.79 Å². The Balaban J connectivity index is 1.80. The monoisotopic (exact) mass is 416 g/mol. The van der Waals surface area contributed by atoms with Crippen molar-refractivity contribution < 1.29 is 9.53 Å². The molecular weight excluding hydrogens is 388 g/mol. The van der Waals surface area contributed by atoms with Crippen LogP contribution in [0.1, 0.15) is 36.7 Å². The van der Waals surface area contributed by atoms with E-state index in [4.69, 9.17) is 16.3 Å². The van der Waals surface area contributed by atoms with Crippen molar-refractivity contribution in [3.05, 3.63) is 64.7 Å². The summed E-state index contributed by atoms with van der Waals surface area (Å²) in [5.41, 5.74) is 1.24. The molecule has 7 heteroatoms. The molecule has 29 heavy (non-hydrogen) atoms. The van der Waals surface area contributed by atoms with Crippen molar-refractivity contribution in [3.8, 4) is 5.75 Å². The van der Waals surface area contributed by atoms with Gasteiger partial charge in [-0.1, -0.05) is 41.9 Å². The molecular formula is C22H29ClN4O2. The molecule has 0 aliphatic carbocycles. The molecule has 0 aliphatic heterocycles. The normalized spacial score (nSPS) is 11.7. The van der Waals surface area contributed by atoms with Crippen molar-refractivity contribution in [2.24, 2.45) is 4.99 Å². The van der Waals surface area contributed by atoms with E-state index >= 15 is 0 Å². The topological polar surface area (TPSA) is 74.8 Å². The summed E-state index contributed by atoms with van der Waals surface area (Å²) < 4.78 is 6.02. The van der Waals surface area contributed by atoms with E-state index in [0.717, 1.165) is 11.3 Å². The first-order valence-corrected chi connectivity index (χ1v) is 9.92. The maximum Gasteiger partial charge on any atom is 0.252 e. The fourth-order valence-electron chi connectivity index (χ4n) is 2.58. The summed E-state index contributed by atoms with van der Waals surface area (Å²) >= 11 is 6.04. The highest BCUT2D eigenvalue weighted by molar-refractivity contribution is 6.33. The largest absolute Gasteiger partial charge is 0.488 e. The average Bonchev–Trinajstić information content (AvgIpc) is 2.67. The van der Waals surface area contributed by atoms with E-state index in [1.807, 2.05) is 45.0 Å². The Labute approximate surface area is 177 Å². The van der Waals surface area contributed by atoms with Crippen LogP contribution in [0.3, 0.4) is 0 Å². The van der Waals surface area contributed by atoms with E-state index in [2.05, 4.69) is 20.9 Å². The van der Waals surface area contributed by atoms with Crippen molar-refractivity contribution in [1.82, 2.24) is 16.0 Å². The van der Waals surface area contributed by atoms with E-state index in [0.29, 0.717) is 36.2 Å². The molecule has 156 valence electrons. The molecule has 0 fully saturated rings. The number of ether oxygens (including phenoxy) is 1. The van der Waals surface area contributed by atoms with Gasteiger partial charge in [0.25, 0.3) is 5.91 Å². The van der Waals surface area contributed by atoms with Gasteiger partial charge in [0, 0.05) is 32.2 Å². The summed E-state index contributed by atoms with van der Waals surface area (Å²) in [6.45, 7) is 7.60. The van der Waals surface area contributed by atoms with Crippen molar-refractivity contribution >= 4 is 23.5 Å². The molecule has 0 radical (unpaired) electrons. The lowest BCUT2D eigenvalue weighted by Crippen LogP contribution is -2.41. The fraction of sp³-hybridized carbons (Fsp3) is 0.364. The van der Waals surface area contributed by atoms with Gasteiger partial charge in [-0.15, -0.1) is 0 Å². The van der Waals surface area contributed by atoms with Crippen LogP contribution in [0.5, 0.6) is 5.75 Å². The number of hydrogen-bond donors (Lipinski definition) is 3. The molecule has 0 aromatic heterocycles. The Morgan fingerprint density at radius 1 is 1.00 bits per heavy atom. The first-order chi connectivity index (χ1) is 13.8. The predicted octanol–water partition coefficient (Wildman–Crippen LogP) is 3.61. The van der Waals surface area contributed by atoms with Crippen LogP contribution in [0, 0.1) is 0 Å². The average molecular weight is 417 g/mol. The number of halogens is 1. The predicted molar refractivity (Wildman–Crippen MR) is 119 cm³/mol. The molecule has 0 bridgehead atoms. The van der Waals surface area contributed by atoms with Gasteiger partial charge in [-0.05, 0) is 39.0 Å². The summed E-state index contributed by atoms with van der Waals surface area (Å²) in [5, 5.41) is 9.72. The summed E-state index contributed by atoms with van der Waals surface area (Å²) in [5.74, 6) is 1.28. The van der Waals surface area contributed by atoms with Crippen LogP contribution in [-0.4, -0.2) is 37.6 Å². The molecule has 3 N–H and O–H groups in total. The smallest absolute Gasteiger partial charge is 0.252 e. The number of aliphatic imine (C=N–C) groups is 1. The molecule has 0 spiro atoms. The van der Waals surface area contributed by atoms with Crippen LogP contribution >= 0.6 is 11.6 Å². The molecule has 0 unspecified atom stereocenters. The molecule has 2 rings (SSSR count). The first-order valence-electron chi connectivity index (χ1n) is 9.54. The number of rotatable bonds is 7. The van der Waals surface area contributed by atoms with E-state index < -0.39 is 0 Å². The molecule has 2 aromatic carbocycles. The second kappa shape index (κ2) is 10.7. The maximum absolute atomic E-state index is 12.2. The van der Waals surface area contributed by atoms with Gasteiger partial charge in [0.1, 0.15) is 11.4 Å². The summed E-state index contributed by atoms with van der Waals surface area (Å²) in [6, 6.07) is 14.9. The van der Waals surface area contributed by atoms with Crippen LogP contribution in [0.4, 0.5) is 0 Å². The zero-order valence-corrected chi connectivity index (χ0v) is 18.1. The van der Waals surface area contributed by atoms with Crippen LogP contribution < -0.4 is 20.7 Å². The quantitative estimate of drug-likeness (QED) is 0.366. The van der Waals surface area contributed by atoms with Gasteiger partial charge >= 0.3 is 0 Å². The van der Waals surface area contributed by atoms with Crippen molar-refractivity contribution in [1.29, 1.82) is 0 Å². The third kappa shape index (κ3) is 7.66. The molecule has 6 nitrogen and oxygen atoms in total. The van der Waals surface area contributed by atoms with Crippen molar-refractivity contribution in [2.45, 2.75) is 32.9 Å².